The SMILES string of the molecule is C[C@H](NC(=O)COC(=O)COc1cccc(Cl)c1)c1ccco1. The van der Waals surface area contributed by atoms with Gasteiger partial charge < -0.3 is 19.2 Å². The van der Waals surface area contributed by atoms with Gasteiger partial charge in [0.15, 0.2) is 13.2 Å². The molecule has 0 aliphatic rings. The fourth-order valence-corrected chi connectivity index (χ4v) is 1.96. The van der Waals surface area contributed by atoms with Crippen molar-refractivity contribution in [2.75, 3.05) is 13.2 Å². The Hall–Kier alpha value is -2.47. The number of hydrogen-bond acceptors (Lipinski definition) is 5. The molecule has 122 valence electrons. The van der Waals surface area contributed by atoms with Crippen molar-refractivity contribution in [2.45, 2.75) is 13.0 Å². The van der Waals surface area contributed by atoms with Crippen LogP contribution in [-0.2, 0) is 14.3 Å². The third kappa shape index (κ3) is 5.67. The topological polar surface area (TPSA) is 77.8 Å². The lowest BCUT2D eigenvalue weighted by atomic mass is 10.2. The van der Waals surface area contributed by atoms with Crippen LogP contribution < -0.4 is 10.1 Å². The molecule has 1 aromatic heterocycles. The van der Waals surface area contributed by atoms with Crippen LogP contribution in [0.2, 0.25) is 5.02 Å². The van der Waals surface area contributed by atoms with E-state index in [1.54, 1.807) is 43.3 Å². The highest BCUT2D eigenvalue weighted by Gasteiger charge is 2.13. The summed E-state index contributed by atoms with van der Waals surface area (Å²) in [4.78, 5) is 23.2. The third-order valence-corrected chi connectivity index (χ3v) is 3.10. The quantitative estimate of drug-likeness (QED) is 0.786. The van der Waals surface area contributed by atoms with Gasteiger partial charge in [0.25, 0.3) is 5.91 Å². The Bertz CT molecular complexity index is 656. The van der Waals surface area contributed by atoms with E-state index in [-0.39, 0.29) is 19.3 Å². The average molecular weight is 338 g/mol. The molecule has 0 fully saturated rings. The van der Waals surface area contributed by atoms with Gasteiger partial charge in [-0.15, -0.1) is 0 Å². The average Bonchev–Trinajstić information content (AvgIpc) is 3.05. The zero-order valence-electron chi connectivity index (χ0n) is 12.5. The largest absolute Gasteiger partial charge is 0.482 e. The molecule has 0 aliphatic heterocycles. The summed E-state index contributed by atoms with van der Waals surface area (Å²) in [6, 6.07) is 9.80. The van der Waals surface area contributed by atoms with E-state index in [9.17, 15) is 9.59 Å². The Morgan fingerprint density at radius 1 is 1.26 bits per heavy atom. The first-order valence-corrected chi connectivity index (χ1v) is 7.29. The summed E-state index contributed by atoms with van der Waals surface area (Å²) >= 11 is 5.80. The van der Waals surface area contributed by atoms with Crippen LogP contribution in [0, 0.1) is 0 Å². The maximum absolute atomic E-state index is 11.7. The smallest absolute Gasteiger partial charge is 0.344 e. The third-order valence-electron chi connectivity index (χ3n) is 2.86. The standard InChI is InChI=1S/C16H16ClNO5/c1-11(14-6-3-7-21-14)18-15(19)9-23-16(20)10-22-13-5-2-4-12(17)8-13/h2-8,11H,9-10H2,1H3,(H,18,19)/t11-/m0/s1. The second-order valence-corrected chi connectivity index (χ2v) is 5.15. The molecule has 0 radical (unpaired) electrons. The zero-order chi connectivity index (χ0) is 16.7. The first kappa shape index (κ1) is 16.9. The molecule has 0 aliphatic carbocycles. The van der Waals surface area contributed by atoms with Gasteiger partial charge >= 0.3 is 5.97 Å². The van der Waals surface area contributed by atoms with Crippen LogP contribution in [0.1, 0.15) is 18.7 Å². The summed E-state index contributed by atoms with van der Waals surface area (Å²) in [6.07, 6.45) is 1.52. The fourth-order valence-electron chi connectivity index (χ4n) is 1.78. The highest BCUT2D eigenvalue weighted by molar-refractivity contribution is 6.30. The van der Waals surface area contributed by atoms with Crippen LogP contribution in [0.4, 0.5) is 0 Å². The number of nitrogens with one attached hydrogen (secondary N) is 1. The molecule has 2 rings (SSSR count). The van der Waals surface area contributed by atoms with E-state index < -0.39 is 11.9 Å². The molecule has 23 heavy (non-hydrogen) atoms. The van der Waals surface area contributed by atoms with Crippen molar-refractivity contribution < 1.29 is 23.5 Å². The van der Waals surface area contributed by atoms with Crippen LogP contribution in [0.3, 0.4) is 0 Å². The Labute approximate surface area is 138 Å². The molecule has 1 amide bonds. The fraction of sp³-hybridized carbons (Fsp3) is 0.250. The minimum Gasteiger partial charge on any atom is -0.482 e. The summed E-state index contributed by atoms with van der Waals surface area (Å²) in [5.41, 5.74) is 0. The van der Waals surface area contributed by atoms with E-state index in [1.165, 1.54) is 6.26 Å². The number of esters is 1. The normalized spacial score (nSPS) is 11.6. The van der Waals surface area contributed by atoms with Crippen molar-refractivity contribution in [3.63, 3.8) is 0 Å². The van der Waals surface area contributed by atoms with Crippen molar-refractivity contribution in [1.82, 2.24) is 5.32 Å². The maximum Gasteiger partial charge on any atom is 0.344 e. The van der Waals surface area contributed by atoms with Crippen molar-refractivity contribution in [1.29, 1.82) is 0 Å². The van der Waals surface area contributed by atoms with Crippen molar-refractivity contribution in [3.05, 3.63) is 53.4 Å². The van der Waals surface area contributed by atoms with Crippen LogP contribution in [0.15, 0.2) is 47.1 Å². The summed E-state index contributed by atoms with van der Waals surface area (Å²) in [7, 11) is 0. The molecule has 1 N–H and O–H groups in total. The highest BCUT2D eigenvalue weighted by atomic mass is 35.5. The molecule has 0 saturated carbocycles. The van der Waals surface area contributed by atoms with E-state index in [2.05, 4.69) is 5.32 Å². The lowest BCUT2D eigenvalue weighted by molar-refractivity contribution is -0.150. The maximum atomic E-state index is 11.7. The summed E-state index contributed by atoms with van der Waals surface area (Å²) in [5.74, 6) is -0.00454. The number of hydrogen-bond donors (Lipinski definition) is 1. The van der Waals surface area contributed by atoms with E-state index in [0.29, 0.717) is 16.5 Å². The number of ether oxygens (including phenoxy) is 2. The van der Waals surface area contributed by atoms with E-state index >= 15 is 0 Å². The predicted octanol–water partition coefficient (Wildman–Crippen LogP) is 2.73. The van der Waals surface area contributed by atoms with Gasteiger partial charge in [0, 0.05) is 5.02 Å². The van der Waals surface area contributed by atoms with Crippen LogP contribution >= 0.6 is 11.6 Å². The molecule has 7 heteroatoms. The Balaban J connectivity index is 1.68. The molecular weight excluding hydrogens is 322 g/mol. The number of benzene rings is 1. The van der Waals surface area contributed by atoms with Gasteiger partial charge in [-0.25, -0.2) is 4.79 Å². The molecule has 2 aromatic rings. The Morgan fingerprint density at radius 3 is 2.78 bits per heavy atom. The summed E-state index contributed by atoms with van der Waals surface area (Å²) in [5, 5.41) is 3.15. The van der Waals surface area contributed by atoms with Gasteiger partial charge in [-0.3, -0.25) is 4.79 Å². The van der Waals surface area contributed by atoms with Gasteiger partial charge in [-0.05, 0) is 37.3 Å². The second kappa shape index (κ2) is 8.24. The number of rotatable bonds is 7. The molecule has 0 saturated heterocycles. The number of carbonyl (C=O) groups excluding carboxylic acids is 2. The molecule has 0 unspecified atom stereocenters. The lowest BCUT2D eigenvalue weighted by Gasteiger charge is -2.11. The minimum absolute atomic E-state index is 0.304. The van der Waals surface area contributed by atoms with Gasteiger partial charge in [0.05, 0.1) is 12.3 Å². The highest BCUT2D eigenvalue weighted by Crippen LogP contribution is 2.17. The first-order valence-electron chi connectivity index (χ1n) is 6.91. The van der Waals surface area contributed by atoms with Gasteiger partial charge in [0.2, 0.25) is 0 Å². The molecule has 0 bridgehead atoms. The van der Waals surface area contributed by atoms with Crippen molar-refractivity contribution in [2.24, 2.45) is 0 Å². The van der Waals surface area contributed by atoms with Crippen molar-refractivity contribution >= 4 is 23.5 Å². The Morgan fingerprint density at radius 2 is 2.09 bits per heavy atom. The second-order valence-electron chi connectivity index (χ2n) is 4.71. The number of carbonyl (C=O) groups is 2. The number of halogens is 1. The van der Waals surface area contributed by atoms with Gasteiger partial charge in [0.1, 0.15) is 11.5 Å². The molecule has 1 heterocycles. The van der Waals surface area contributed by atoms with E-state index in [4.69, 9.17) is 25.5 Å². The first-order chi connectivity index (χ1) is 11.0. The monoisotopic (exact) mass is 337 g/mol. The Kier molecular flexibility index (Phi) is 6.05. The summed E-state index contributed by atoms with van der Waals surface area (Å²) in [6.45, 7) is 1.07. The number of amides is 1. The van der Waals surface area contributed by atoms with E-state index in [1.807, 2.05) is 0 Å². The molecule has 1 atom stereocenters. The molecular formula is C16H16ClNO5. The number of furan rings is 1. The summed E-state index contributed by atoms with van der Waals surface area (Å²) < 4.78 is 15.2. The zero-order valence-corrected chi connectivity index (χ0v) is 13.2. The predicted molar refractivity (Wildman–Crippen MR) is 83.2 cm³/mol. The van der Waals surface area contributed by atoms with Gasteiger partial charge in [-0.2, -0.15) is 0 Å². The minimum atomic E-state index is -0.647. The molecule has 0 spiro atoms. The van der Waals surface area contributed by atoms with E-state index in [0.717, 1.165) is 0 Å². The molecule has 1 aromatic carbocycles. The van der Waals surface area contributed by atoms with Crippen LogP contribution in [-0.4, -0.2) is 25.1 Å². The van der Waals surface area contributed by atoms with Crippen LogP contribution in [0.5, 0.6) is 5.75 Å². The van der Waals surface area contributed by atoms with Gasteiger partial charge in [-0.1, -0.05) is 17.7 Å². The lowest BCUT2D eigenvalue weighted by Crippen LogP contribution is -2.31. The molecule has 6 nitrogen and oxygen atoms in total. The van der Waals surface area contributed by atoms with Crippen LogP contribution in [0.25, 0.3) is 0 Å². The van der Waals surface area contributed by atoms with Crippen molar-refractivity contribution in [3.8, 4) is 5.75 Å².